The molecule has 2 rings (SSSR count). The van der Waals surface area contributed by atoms with Crippen LogP contribution in [0.3, 0.4) is 0 Å². The van der Waals surface area contributed by atoms with Crippen LogP contribution in [0.15, 0.2) is 24.3 Å². The Morgan fingerprint density at radius 3 is 2.50 bits per heavy atom. The van der Waals surface area contributed by atoms with Gasteiger partial charge in [-0.3, -0.25) is 9.59 Å². The fourth-order valence-corrected chi connectivity index (χ4v) is 3.42. The van der Waals surface area contributed by atoms with E-state index in [1.54, 1.807) is 24.8 Å². The van der Waals surface area contributed by atoms with Crippen molar-refractivity contribution in [2.45, 2.75) is 51.1 Å². The van der Waals surface area contributed by atoms with Crippen LogP contribution >= 0.6 is 0 Å². The Hall–Kier alpha value is -2.05. The Morgan fingerprint density at radius 1 is 1.23 bits per heavy atom. The lowest BCUT2D eigenvalue weighted by Gasteiger charge is -2.38. The second-order valence-electron chi connectivity index (χ2n) is 7.40. The van der Waals surface area contributed by atoms with Crippen molar-refractivity contribution >= 4 is 11.9 Å². The van der Waals surface area contributed by atoms with Crippen molar-refractivity contribution in [1.82, 2.24) is 4.90 Å². The highest BCUT2D eigenvalue weighted by Gasteiger charge is 2.38. The van der Waals surface area contributed by atoms with Crippen LogP contribution in [0.25, 0.3) is 0 Å². The van der Waals surface area contributed by atoms with Gasteiger partial charge < -0.3 is 10.0 Å². The summed E-state index contributed by atoms with van der Waals surface area (Å²) >= 11 is 0. The highest BCUT2D eigenvalue weighted by Crippen LogP contribution is 2.34. The van der Waals surface area contributed by atoms with Crippen LogP contribution in [-0.2, 0) is 21.2 Å². The number of carbonyl (C=O) groups excluding carboxylic acids is 1. The number of rotatable bonds is 5. The predicted octanol–water partition coefficient (Wildman–Crippen LogP) is 4.09. The molecular weight excluding hydrogens is 347 g/mol. The van der Waals surface area contributed by atoms with E-state index in [9.17, 15) is 22.8 Å². The highest BCUT2D eigenvalue weighted by molar-refractivity contribution is 5.87. The number of halogens is 3. The van der Waals surface area contributed by atoms with Crippen LogP contribution in [0.4, 0.5) is 13.2 Å². The third-order valence-electron chi connectivity index (χ3n) is 5.02. The zero-order chi connectivity index (χ0) is 19.5. The van der Waals surface area contributed by atoms with Crippen LogP contribution < -0.4 is 0 Å². The van der Waals surface area contributed by atoms with Crippen LogP contribution in [0, 0.1) is 5.92 Å². The number of aliphatic carboxylic acids is 1. The molecule has 1 unspecified atom stereocenters. The van der Waals surface area contributed by atoms with Crippen molar-refractivity contribution in [3.8, 4) is 0 Å². The molecule has 0 radical (unpaired) electrons. The van der Waals surface area contributed by atoms with E-state index in [1.165, 1.54) is 6.07 Å². The maximum absolute atomic E-state index is 13.0. The number of hydrogen-bond donors (Lipinski definition) is 1. The van der Waals surface area contributed by atoms with Gasteiger partial charge in [0.25, 0.3) is 0 Å². The second kappa shape index (κ2) is 7.68. The van der Waals surface area contributed by atoms with Gasteiger partial charge in [-0.05, 0) is 50.7 Å². The maximum Gasteiger partial charge on any atom is 0.416 e. The van der Waals surface area contributed by atoms with Crippen LogP contribution in [0.5, 0.6) is 0 Å². The summed E-state index contributed by atoms with van der Waals surface area (Å²) in [6.45, 7) is 4.26. The summed E-state index contributed by atoms with van der Waals surface area (Å²) in [5.74, 6) is -0.976. The van der Waals surface area contributed by atoms with Crippen molar-refractivity contribution in [3.63, 3.8) is 0 Å². The molecule has 1 saturated heterocycles. The first-order chi connectivity index (χ1) is 12.0. The normalized spacial score (nSPS) is 18.7. The van der Waals surface area contributed by atoms with Crippen LogP contribution in [-0.4, -0.2) is 35.0 Å². The lowest BCUT2D eigenvalue weighted by Crippen LogP contribution is -2.48. The molecule has 0 spiro atoms. The monoisotopic (exact) mass is 371 g/mol. The number of piperidine rings is 1. The summed E-state index contributed by atoms with van der Waals surface area (Å²) < 4.78 is 38.9. The first-order valence-corrected chi connectivity index (χ1v) is 8.70. The van der Waals surface area contributed by atoms with Gasteiger partial charge in [0.1, 0.15) is 0 Å². The zero-order valence-electron chi connectivity index (χ0n) is 15.0. The molecule has 0 aromatic heterocycles. The van der Waals surface area contributed by atoms with Gasteiger partial charge in [0.15, 0.2) is 0 Å². The maximum atomic E-state index is 13.0. The van der Waals surface area contributed by atoms with E-state index in [4.69, 9.17) is 5.11 Å². The molecule has 1 aromatic carbocycles. The van der Waals surface area contributed by atoms with E-state index in [2.05, 4.69) is 0 Å². The first-order valence-electron chi connectivity index (χ1n) is 8.70. The zero-order valence-corrected chi connectivity index (χ0v) is 15.0. The molecule has 1 amide bonds. The molecular formula is C19H24F3NO3. The summed E-state index contributed by atoms with van der Waals surface area (Å²) in [4.78, 5) is 25.4. The number of nitrogens with zero attached hydrogens (tertiary/aromatic N) is 1. The van der Waals surface area contributed by atoms with Gasteiger partial charge in [-0.1, -0.05) is 18.2 Å². The molecule has 1 aromatic rings. The smallest absolute Gasteiger partial charge is 0.416 e. The predicted molar refractivity (Wildman–Crippen MR) is 90.6 cm³/mol. The fourth-order valence-electron chi connectivity index (χ4n) is 3.42. The van der Waals surface area contributed by atoms with Gasteiger partial charge >= 0.3 is 12.1 Å². The quantitative estimate of drug-likeness (QED) is 0.848. The number of alkyl halides is 3. The number of benzene rings is 1. The Kier molecular flexibility index (Phi) is 5.98. The Balaban J connectivity index is 2.15. The van der Waals surface area contributed by atoms with Crippen molar-refractivity contribution in [1.29, 1.82) is 0 Å². The molecule has 1 N–H and O–H groups in total. The summed E-state index contributed by atoms with van der Waals surface area (Å²) in [7, 11) is 0. The topological polar surface area (TPSA) is 57.6 Å². The van der Waals surface area contributed by atoms with Crippen LogP contribution in [0.1, 0.15) is 50.7 Å². The molecule has 1 fully saturated rings. The third kappa shape index (κ3) is 4.77. The Bertz CT molecular complexity index is 670. The molecule has 0 bridgehead atoms. The largest absolute Gasteiger partial charge is 0.481 e. The van der Waals surface area contributed by atoms with Gasteiger partial charge in [-0.15, -0.1) is 0 Å². The molecule has 1 atom stereocenters. The minimum absolute atomic E-state index is 0.0592. The molecule has 1 aliphatic rings. The van der Waals surface area contributed by atoms with E-state index in [1.807, 2.05) is 0 Å². The lowest BCUT2D eigenvalue weighted by molar-refractivity contribution is -0.140. The Labute approximate surface area is 151 Å². The fraction of sp³-hybridized carbons (Fsp3) is 0.579. The van der Waals surface area contributed by atoms with Gasteiger partial charge in [-0.2, -0.15) is 13.2 Å². The number of hydrogen-bond acceptors (Lipinski definition) is 2. The van der Waals surface area contributed by atoms with E-state index in [0.717, 1.165) is 25.0 Å². The van der Waals surface area contributed by atoms with Gasteiger partial charge in [0.05, 0.1) is 11.0 Å². The third-order valence-corrected chi connectivity index (χ3v) is 5.02. The average Bonchev–Trinajstić information content (AvgIpc) is 2.59. The number of carboxylic acid groups (broad SMARTS) is 1. The van der Waals surface area contributed by atoms with Gasteiger partial charge in [0.2, 0.25) is 5.91 Å². The van der Waals surface area contributed by atoms with Gasteiger partial charge in [0, 0.05) is 19.5 Å². The van der Waals surface area contributed by atoms with E-state index >= 15 is 0 Å². The van der Waals surface area contributed by atoms with Crippen molar-refractivity contribution < 1.29 is 27.9 Å². The minimum atomic E-state index is -4.46. The molecule has 4 nitrogen and oxygen atoms in total. The molecule has 1 heterocycles. The van der Waals surface area contributed by atoms with Crippen molar-refractivity contribution in [3.05, 3.63) is 35.4 Å². The van der Waals surface area contributed by atoms with E-state index < -0.39 is 23.1 Å². The standard InChI is InChI=1S/C19H24F3NO3/c1-18(2,14-6-3-7-15(11-14)19(20,21)22)17(26)23-10-4-5-13(12-23)8-9-16(24)25/h3,6-7,11,13H,4-5,8-10,12H2,1-2H3,(H,24,25). The molecule has 26 heavy (non-hydrogen) atoms. The van der Waals surface area contributed by atoms with E-state index in [-0.39, 0.29) is 18.2 Å². The second-order valence-corrected chi connectivity index (χ2v) is 7.40. The molecule has 1 aliphatic heterocycles. The summed E-state index contributed by atoms with van der Waals surface area (Å²) in [6, 6.07) is 4.88. The van der Waals surface area contributed by atoms with Crippen molar-refractivity contribution in [2.75, 3.05) is 13.1 Å². The summed E-state index contributed by atoms with van der Waals surface area (Å²) in [5.41, 5.74) is -1.53. The summed E-state index contributed by atoms with van der Waals surface area (Å²) in [6.07, 6.45) is -2.26. The van der Waals surface area contributed by atoms with Gasteiger partial charge in [-0.25, -0.2) is 0 Å². The average molecular weight is 371 g/mol. The minimum Gasteiger partial charge on any atom is -0.481 e. The molecule has 144 valence electrons. The first kappa shape index (κ1) is 20.3. The number of likely N-dealkylation sites (tertiary alicyclic amines) is 1. The number of amides is 1. The highest BCUT2D eigenvalue weighted by atomic mass is 19.4. The molecule has 0 aliphatic carbocycles. The number of carbonyl (C=O) groups is 2. The lowest BCUT2D eigenvalue weighted by atomic mass is 9.81. The Morgan fingerprint density at radius 2 is 1.88 bits per heavy atom. The molecule has 7 heteroatoms. The summed E-state index contributed by atoms with van der Waals surface area (Å²) in [5, 5.41) is 8.82. The molecule has 0 saturated carbocycles. The van der Waals surface area contributed by atoms with Crippen LogP contribution in [0.2, 0.25) is 0 Å². The SMILES string of the molecule is CC(C)(C(=O)N1CCCC(CCC(=O)O)C1)c1cccc(C(F)(F)F)c1. The van der Waals surface area contributed by atoms with Crippen molar-refractivity contribution in [2.24, 2.45) is 5.92 Å². The number of carboxylic acids is 1. The van der Waals surface area contributed by atoms with E-state index in [0.29, 0.717) is 25.1 Å².